The van der Waals surface area contributed by atoms with Gasteiger partial charge < -0.3 is 4.74 Å². The van der Waals surface area contributed by atoms with Crippen molar-refractivity contribution in [1.29, 1.82) is 0 Å². The Morgan fingerprint density at radius 3 is 2.75 bits per heavy atom. The van der Waals surface area contributed by atoms with Crippen molar-refractivity contribution < 1.29 is 4.74 Å². The molecule has 0 amide bonds. The van der Waals surface area contributed by atoms with Gasteiger partial charge in [-0.3, -0.25) is 0 Å². The van der Waals surface area contributed by atoms with Crippen LogP contribution in [0.25, 0.3) is 5.76 Å². The molecule has 0 aromatic heterocycles. The topological polar surface area (TPSA) is 9.23 Å². The minimum atomic E-state index is 0.638. The first kappa shape index (κ1) is 16.3. The number of aryl methyl sites for hydroxylation is 1. The summed E-state index contributed by atoms with van der Waals surface area (Å²) in [6, 6.07) is 6.33. The lowest BCUT2D eigenvalue weighted by molar-refractivity contribution is 0.311. The summed E-state index contributed by atoms with van der Waals surface area (Å²) in [6.07, 6.45) is 10.7. The van der Waals surface area contributed by atoms with Gasteiger partial charge in [-0.2, -0.15) is 0 Å². The standard InChI is InChI=1S/C22H27ClO/c1-14-12-17(10-11-20(14)23)22(24-2)21-16-7-5-9-19(21)18-8-4-3-6-15(18)13-16/h10-12,16,19H,3-9,13H2,1-2H3/b22-21+. The zero-order valence-electron chi connectivity index (χ0n) is 14.8. The van der Waals surface area contributed by atoms with E-state index in [1.54, 1.807) is 16.7 Å². The molecule has 1 aromatic carbocycles. The predicted molar refractivity (Wildman–Crippen MR) is 101 cm³/mol. The molecule has 0 aliphatic heterocycles. The Hall–Kier alpha value is -1.21. The smallest absolute Gasteiger partial charge is 0.126 e. The van der Waals surface area contributed by atoms with Crippen LogP contribution in [-0.2, 0) is 4.74 Å². The van der Waals surface area contributed by atoms with E-state index in [1.807, 2.05) is 13.2 Å². The minimum absolute atomic E-state index is 0.638. The molecule has 3 aliphatic rings. The summed E-state index contributed by atoms with van der Waals surface area (Å²) < 4.78 is 6.00. The van der Waals surface area contributed by atoms with Crippen molar-refractivity contribution in [1.82, 2.24) is 0 Å². The van der Waals surface area contributed by atoms with Crippen LogP contribution in [0.4, 0.5) is 0 Å². The number of hydrogen-bond donors (Lipinski definition) is 0. The molecule has 1 aromatic rings. The number of fused-ring (bicyclic) bond motifs is 3. The molecule has 0 saturated heterocycles. The highest BCUT2D eigenvalue weighted by Crippen LogP contribution is 2.53. The zero-order chi connectivity index (χ0) is 16.7. The van der Waals surface area contributed by atoms with Crippen molar-refractivity contribution in [2.75, 3.05) is 7.11 Å². The lowest BCUT2D eigenvalue weighted by Gasteiger charge is -2.43. The Balaban J connectivity index is 1.83. The summed E-state index contributed by atoms with van der Waals surface area (Å²) in [7, 11) is 1.84. The van der Waals surface area contributed by atoms with Crippen molar-refractivity contribution in [3.63, 3.8) is 0 Å². The molecule has 0 radical (unpaired) electrons. The van der Waals surface area contributed by atoms with Gasteiger partial charge >= 0.3 is 0 Å². The van der Waals surface area contributed by atoms with E-state index in [2.05, 4.69) is 19.1 Å². The summed E-state index contributed by atoms with van der Waals surface area (Å²) >= 11 is 6.24. The van der Waals surface area contributed by atoms with Crippen molar-refractivity contribution in [2.45, 2.75) is 58.3 Å². The molecule has 1 saturated carbocycles. The number of halogens is 1. The summed E-state index contributed by atoms with van der Waals surface area (Å²) in [5, 5.41) is 0.834. The van der Waals surface area contributed by atoms with Gasteiger partial charge in [0.15, 0.2) is 0 Å². The second-order valence-electron chi connectivity index (χ2n) is 7.67. The summed E-state index contributed by atoms with van der Waals surface area (Å²) in [5.74, 6) is 2.45. The zero-order valence-corrected chi connectivity index (χ0v) is 15.6. The van der Waals surface area contributed by atoms with Crippen LogP contribution in [0.2, 0.25) is 5.02 Å². The van der Waals surface area contributed by atoms with Crippen LogP contribution in [0, 0.1) is 18.8 Å². The fraction of sp³-hybridized carbons (Fsp3) is 0.545. The Bertz CT molecular complexity index is 713. The first-order valence-electron chi connectivity index (χ1n) is 9.44. The number of allylic oxidation sites excluding steroid dienone is 3. The molecular weight excluding hydrogens is 316 g/mol. The van der Waals surface area contributed by atoms with Crippen LogP contribution >= 0.6 is 11.6 Å². The van der Waals surface area contributed by atoms with E-state index < -0.39 is 0 Å². The molecule has 2 heteroatoms. The molecule has 3 aliphatic carbocycles. The van der Waals surface area contributed by atoms with Crippen LogP contribution < -0.4 is 0 Å². The number of hydrogen-bond acceptors (Lipinski definition) is 1. The molecule has 0 N–H and O–H groups in total. The number of rotatable bonds is 2. The summed E-state index contributed by atoms with van der Waals surface area (Å²) in [6.45, 7) is 2.08. The maximum absolute atomic E-state index is 6.24. The number of methoxy groups -OCH3 is 1. The predicted octanol–water partition coefficient (Wildman–Crippen LogP) is 6.70. The van der Waals surface area contributed by atoms with Gasteiger partial charge in [0.2, 0.25) is 0 Å². The Morgan fingerprint density at radius 1 is 1.12 bits per heavy atom. The van der Waals surface area contributed by atoms with Crippen molar-refractivity contribution in [3.8, 4) is 0 Å². The van der Waals surface area contributed by atoms with Gasteiger partial charge in [0.25, 0.3) is 0 Å². The van der Waals surface area contributed by atoms with E-state index in [-0.39, 0.29) is 0 Å². The molecule has 2 unspecified atom stereocenters. The third-order valence-electron chi connectivity index (χ3n) is 6.29. The molecule has 1 fully saturated rings. The third kappa shape index (κ3) is 2.71. The molecule has 128 valence electrons. The molecule has 4 rings (SSSR count). The summed E-state index contributed by atoms with van der Waals surface area (Å²) in [4.78, 5) is 0. The number of benzene rings is 1. The van der Waals surface area contributed by atoms with Crippen LogP contribution in [0.15, 0.2) is 34.9 Å². The molecule has 24 heavy (non-hydrogen) atoms. The molecule has 2 bridgehead atoms. The van der Waals surface area contributed by atoms with Crippen molar-refractivity contribution in [3.05, 3.63) is 51.1 Å². The molecule has 1 nitrogen and oxygen atoms in total. The van der Waals surface area contributed by atoms with E-state index in [4.69, 9.17) is 16.3 Å². The molecule has 0 spiro atoms. The highest BCUT2D eigenvalue weighted by molar-refractivity contribution is 6.31. The fourth-order valence-corrected chi connectivity index (χ4v) is 5.33. The van der Waals surface area contributed by atoms with Crippen LogP contribution in [0.3, 0.4) is 0 Å². The van der Waals surface area contributed by atoms with E-state index in [0.717, 1.165) is 16.3 Å². The average molecular weight is 343 g/mol. The number of ether oxygens (including phenoxy) is 1. The summed E-state index contributed by atoms with van der Waals surface area (Å²) in [5.41, 5.74) is 7.48. The van der Waals surface area contributed by atoms with E-state index in [1.165, 1.54) is 56.9 Å². The van der Waals surface area contributed by atoms with E-state index in [0.29, 0.717) is 11.8 Å². The van der Waals surface area contributed by atoms with Gasteiger partial charge in [-0.25, -0.2) is 0 Å². The molecule has 2 atom stereocenters. The SMILES string of the molecule is CO/C(=C1\C2CCCC1C1=C(CCCC1)C2)c1ccc(Cl)c(C)c1. The lowest BCUT2D eigenvalue weighted by atomic mass is 9.62. The molecule has 0 heterocycles. The second kappa shape index (κ2) is 6.59. The Morgan fingerprint density at radius 2 is 1.96 bits per heavy atom. The maximum atomic E-state index is 6.24. The lowest BCUT2D eigenvalue weighted by Crippen LogP contribution is -2.30. The average Bonchev–Trinajstić information content (AvgIpc) is 2.59. The largest absolute Gasteiger partial charge is 0.496 e. The van der Waals surface area contributed by atoms with Gasteiger partial charge in [-0.05, 0) is 87.1 Å². The first-order valence-corrected chi connectivity index (χ1v) is 9.82. The van der Waals surface area contributed by atoms with Gasteiger partial charge in [0, 0.05) is 16.5 Å². The monoisotopic (exact) mass is 342 g/mol. The van der Waals surface area contributed by atoms with E-state index >= 15 is 0 Å². The van der Waals surface area contributed by atoms with Gasteiger partial charge in [-0.15, -0.1) is 0 Å². The van der Waals surface area contributed by atoms with Crippen LogP contribution in [-0.4, -0.2) is 7.11 Å². The quantitative estimate of drug-likeness (QED) is 0.429. The highest BCUT2D eigenvalue weighted by Gasteiger charge is 2.39. The third-order valence-corrected chi connectivity index (χ3v) is 6.71. The minimum Gasteiger partial charge on any atom is -0.496 e. The van der Waals surface area contributed by atoms with Gasteiger partial charge in [0.1, 0.15) is 5.76 Å². The first-order chi connectivity index (χ1) is 11.7. The van der Waals surface area contributed by atoms with Gasteiger partial charge in [-0.1, -0.05) is 29.2 Å². The van der Waals surface area contributed by atoms with Crippen LogP contribution in [0.1, 0.15) is 62.5 Å². The van der Waals surface area contributed by atoms with Crippen molar-refractivity contribution in [2.24, 2.45) is 11.8 Å². The van der Waals surface area contributed by atoms with Crippen LogP contribution in [0.5, 0.6) is 0 Å². The second-order valence-corrected chi connectivity index (χ2v) is 8.08. The fourth-order valence-electron chi connectivity index (χ4n) is 5.21. The Kier molecular flexibility index (Phi) is 4.47. The van der Waals surface area contributed by atoms with E-state index in [9.17, 15) is 0 Å². The van der Waals surface area contributed by atoms with Gasteiger partial charge in [0.05, 0.1) is 7.11 Å². The highest BCUT2D eigenvalue weighted by atomic mass is 35.5. The molecular formula is C22H27ClO. The Labute approximate surface area is 150 Å². The maximum Gasteiger partial charge on any atom is 0.126 e. The van der Waals surface area contributed by atoms with Crippen molar-refractivity contribution >= 4 is 17.4 Å². The normalized spacial score (nSPS) is 28.5.